The van der Waals surface area contributed by atoms with Crippen molar-refractivity contribution in [2.45, 2.75) is 37.9 Å². The molecule has 25 heavy (non-hydrogen) atoms. The Bertz CT molecular complexity index is 681. The lowest BCUT2D eigenvalue weighted by molar-refractivity contribution is -0.145. The van der Waals surface area contributed by atoms with E-state index < -0.39 is 34.2 Å². The van der Waals surface area contributed by atoms with Crippen LogP contribution in [0.5, 0.6) is 0 Å². The maximum absolute atomic E-state index is 12.5. The first-order chi connectivity index (χ1) is 11.6. The number of alkyl halides is 3. The average molecular weight is 382 g/mol. The average Bonchev–Trinajstić information content (AvgIpc) is 3.06. The number of halogens is 3. The first kappa shape index (κ1) is 19.7. The van der Waals surface area contributed by atoms with Crippen LogP contribution in [0.4, 0.5) is 13.2 Å². The molecule has 2 heterocycles. The summed E-state index contributed by atoms with van der Waals surface area (Å²) in [4.78, 5) is 12.5. The van der Waals surface area contributed by atoms with Gasteiger partial charge < -0.3 is 5.32 Å². The Morgan fingerprint density at radius 3 is 2.44 bits per heavy atom. The zero-order chi connectivity index (χ0) is 18.7. The second-order valence-corrected chi connectivity index (χ2v) is 8.08. The first-order valence-corrected chi connectivity index (χ1v) is 9.55. The van der Waals surface area contributed by atoms with Gasteiger partial charge in [-0.3, -0.25) is 9.48 Å². The van der Waals surface area contributed by atoms with Crippen LogP contribution in [0, 0.1) is 0 Å². The van der Waals surface area contributed by atoms with Crippen molar-refractivity contribution in [3.05, 3.63) is 18.5 Å². The van der Waals surface area contributed by atoms with Crippen LogP contribution >= 0.6 is 0 Å². The van der Waals surface area contributed by atoms with Gasteiger partial charge in [-0.15, -0.1) is 0 Å². The van der Waals surface area contributed by atoms with Gasteiger partial charge in [-0.25, -0.2) is 12.7 Å². The van der Waals surface area contributed by atoms with E-state index in [9.17, 15) is 26.4 Å². The summed E-state index contributed by atoms with van der Waals surface area (Å²) in [6.07, 6.45) is -1.01. The number of nitrogens with zero attached hydrogens (tertiary/aromatic N) is 3. The molecule has 0 spiro atoms. The number of hydrogen-bond acceptors (Lipinski definition) is 4. The van der Waals surface area contributed by atoms with Gasteiger partial charge in [0, 0.05) is 25.5 Å². The number of rotatable bonds is 6. The third-order valence-electron chi connectivity index (χ3n) is 4.22. The van der Waals surface area contributed by atoms with Gasteiger partial charge in [0.05, 0.1) is 5.75 Å². The molecule has 11 heteroatoms. The number of hydrogen-bond donors (Lipinski definition) is 1. The maximum Gasteiger partial charge on any atom is 0.405 e. The molecule has 1 N–H and O–H groups in total. The number of carbonyl (C=O) groups is 1. The highest BCUT2D eigenvalue weighted by atomic mass is 32.2. The van der Waals surface area contributed by atoms with Crippen molar-refractivity contribution in [1.82, 2.24) is 19.4 Å². The highest BCUT2D eigenvalue weighted by Crippen LogP contribution is 2.31. The third kappa shape index (κ3) is 4.51. The summed E-state index contributed by atoms with van der Waals surface area (Å²) < 4.78 is 64.2. The number of carbonyl (C=O) groups excluding carboxylic acids is 1. The van der Waals surface area contributed by atoms with Crippen molar-refractivity contribution >= 4 is 15.9 Å². The predicted octanol–water partition coefficient (Wildman–Crippen LogP) is 1.09. The van der Waals surface area contributed by atoms with E-state index in [0.717, 1.165) is 0 Å². The molecule has 1 aromatic rings. The quantitative estimate of drug-likeness (QED) is 0.798. The smallest absolute Gasteiger partial charge is 0.345 e. The van der Waals surface area contributed by atoms with Crippen LogP contribution < -0.4 is 5.32 Å². The van der Waals surface area contributed by atoms with Crippen LogP contribution in [0.25, 0.3) is 0 Å². The van der Waals surface area contributed by atoms with E-state index in [1.165, 1.54) is 21.4 Å². The molecule has 0 unspecified atom stereocenters. The molecule has 1 saturated heterocycles. The monoisotopic (exact) mass is 382 g/mol. The minimum atomic E-state index is -4.52. The van der Waals surface area contributed by atoms with Crippen molar-refractivity contribution in [2.75, 3.05) is 25.4 Å². The fraction of sp³-hybridized carbons (Fsp3) is 0.714. The summed E-state index contributed by atoms with van der Waals surface area (Å²) in [7, 11) is -3.42. The van der Waals surface area contributed by atoms with Crippen LogP contribution in [0.15, 0.2) is 18.5 Å². The molecule has 0 atom stereocenters. The van der Waals surface area contributed by atoms with Gasteiger partial charge in [0.15, 0.2) is 0 Å². The maximum atomic E-state index is 12.5. The zero-order valence-electron chi connectivity index (χ0n) is 13.8. The van der Waals surface area contributed by atoms with E-state index in [2.05, 4.69) is 5.10 Å². The summed E-state index contributed by atoms with van der Waals surface area (Å²) in [6, 6.07) is 1.57. The zero-order valence-corrected chi connectivity index (χ0v) is 14.6. The summed E-state index contributed by atoms with van der Waals surface area (Å²) in [5, 5.41) is 5.92. The van der Waals surface area contributed by atoms with Crippen molar-refractivity contribution in [3.63, 3.8) is 0 Å². The topological polar surface area (TPSA) is 84.3 Å². The van der Waals surface area contributed by atoms with Gasteiger partial charge in [-0.2, -0.15) is 18.3 Å². The molecule has 1 aromatic heterocycles. The van der Waals surface area contributed by atoms with Gasteiger partial charge in [0.25, 0.3) is 0 Å². The highest BCUT2D eigenvalue weighted by Gasteiger charge is 2.46. The first-order valence-electron chi connectivity index (χ1n) is 7.94. The van der Waals surface area contributed by atoms with Crippen molar-refractivity contribution in [2.24, 2.45) is 0 Å². The molecule has 0 saturated carbocycles. The van der Waals surface area contributed by atoms with E-state index in [-0.39, 0.29) is 31.7 Å². The van der Waals surface area contributed by atoms with Crippen LogP contribution in [0.2, 0.25) is 0 Å². The molecular formula is C14H21F3N4O3S. The van der Waals surface area contributed by atoms with Crippen LogP contribution in [0.3, 0.4) is 0 Å². The Labute approximate surface area is 144 Å². The number of nitrogens with one attached hydrogen (secondary N) is 1. The summed E-state index contributed by atoms with van der Waals surface area (Å²) in [5.74, 6) is -0.803. The van der Waals surface area contributed by atoms with Crippen molar-refractivity contribution < 1.29 is 26.4 Å². The Morgan fingerprint density at radius 2 is 1.96 bits per heavy atom. The Morgan fingerprint density at radius 1 is 1.32 bits per heavy atom. The van der Waals surface area contributed by atoms with Gasteiger partial charge >= 0.3 is 6.18 Å². The molecule has 0 radical (unpaired) electrons. The fourth-order valence-electron chi connectivity index (χ4n) is 2.95. The molecular weight excluding hydrogens is 361 g/mol. The molecule has 7 nitrogen and oxygen atoms in total. The van der Waals surface area contributed by atoms with E-state index in [1.54, 1.807) is 13.0 Å². The molecule has 1 fully saturated rings. The minimum absolute atomic E-state index is 0.00202. The lowest BCUT2D eigenvalue weighted by Gasteiger charge is -2.40. The van der Waals surface area contributed by atoms with E-state index in [4.69, 9.17) is 0 Å². The third-order valence-corrected chi connectivity index (χ3v) is 6.30. The molecule has 142 valence electrons. The summed E-state index contributed by atoms with van der Waals surface area (Å²) in [6.45, 7) is 0.427. The van der Waals surface area contributed by atoms with Gasteiger partial charge in [0.2, 0.25) is 15.9 Å². The summed E-state index contributed by atoms with van der Waals surface area (Å²) in [5.41, 5.74) is -1.33. The lowest BCUT2D eigenvalue weighted by Crippen LogP contribution is -2.57. The lowest BCUT2D eigenvalue weighted by atomic mass is 9.87. The number of aromatic nitrogens is 2. The highest BCUT2D eigenvalue weighted by molar-refractivity contribution is 7.89. The Hall–Kier alpha value is -1.62. The number of amides is 1. The van der Waals surface area contributed by atoms with E-state index in [0.29, 0.717) is 6.42 Å². The summed E-state index contributed by atoms with van der Waals surface area (Å²) >= 11 is 0. The largest absolute Gasteiger partial charge is 0.405 e. The second kappa shape index (κ2) is 7.32. The van der Waals surface area contributed by atoms with Gasteiger partial charge in [-0.05, 0) is 25.3 Å². The minimum Gasteiger partial charge on any atom is -0.345 e. The molecule has 2 rings (SSSR count). The molecule has 0 aromatic carbocycles. The van der Waals surface area contributed by atoms with Crippen LogP contribution in [-0.2, 0) is 20.4 Å². The van der Waals surface area contributed by atoms with Crippen molar-refractivity contribution in [1.29, 1.82) is 0 Å². The normalized spacial score (nSPS) is 18.9. The standard InChI is InChI=1S/C14H21F3N4O3S/c1-2-10-25(23,24)20-8-4-13(5-9-20,21-7-3-6-19-21)12(22)18-11-14(15,16)17/h3,6-7H,2,4-5,8-11H2,1H3,(H,18,22). The van der Waals surface area contributed by atoms with Crippen LogP contribution in [0.1, 0.15) is 26.2 Å². The molecule has 0 aliphatic carbocycles. The number of piperidine rings is 1. The van der Waals surface area contributed by atoms with Gasteiger partial charge in [0.1, 0.15) is 12.1 Å². The van der Waals surface area contributed by atoms with E-state index >= 15 is 0 Å². The molecule has 1 aliphatic heterocycles. The number of sulfonamides is 1. The predicted molar refractivity (Wildman–Crippen MR) is 84.2 cm³/mol. The SMILES string of the molecule is CCCS(=O)(=O)N1CCC(C(=O)NCC(F)(F)F)(n2cccn2)CC1. The Balaban J connectivity index is 2.19. The van der Waals surface area contributed by atoms with Crippen molar-refractivity contribution in [3.8, 4) is 0 Å². The molecule has 1 aliphatic rings. The second-order valence-electron chi connectivity index (χ2n) is 6.00. The fourth-order valence-corrected chi connectivity index (χ4v) is 4.46. The molecule has 1 amide bonds. The van der Waals surface area contributed by atoms with E-state index in [1.807, 2.05) is 5.32 Å². The molecule has 0 bridgehead atoms. The van der Waals surface area contributed by atoms with Crippen LogP contribution in [-0.4, -0.2) is 60.0 Å². The van der Waals surface area contributed by atoms with Gasteiger partial charge in [-0.1, -0.05) is 6.92 Å². The Kier molecular flexibility index (Phi) is 5.77.